The molecule has 1 aromatic carbocycles. The van der Waals surface area contributed by atoms with E-state index < -0.39 is 0 Å². The van der Waals surface area contributed by atoms with Crippen LogP contribution in [-0.4, -0.2) is 50.2 Å². The zero-order chi connectivity index (χ0) is 17.1. The fraction of sp³-hybridized carbons (Fsp3) is 0.500. The van der Waals surface area contributed by atoms with Crippen molar-refractivity contribution in [3.63, 3.8) is 0 Å². The van der Waals surface area contributed by atoms with E-state index in [2.05, 4.69) is 4.98 Å². The molecule has 1 fully saturated rings. The maximum absolute atomic E-state index is 12.9. The Morgan fingerprint density at radius 2 is 1.62 bits per heavy atom. The van der Waals surface area contributed by atoms with Gasteiger partial charge in [0.15, 0.2) is 11.5 Å². The van der Waals surface area contributed by atoms with Crippen LogP contribution in [0.2, 0.25) is 0 Å². The highest BCUT2D eigenvalue weighted by Gasteiger charge is 2.23. The molecule has 0 aliphatic carbocycles. The summed E-state index contributed by atoms with van der Waals surface area (Å²) in [5.74, 6) is 1.81. The van der Waals surface area contributed by atoms with Crippen LogP contribution in [0.3, 0.4) is 0 Å². The first kappa shape index (κ1) is 16.5. The minimum atomic E-state index is 0.0242. The SMILES string of the molecule is COc1cc(OC)c2cc(C(=O)N3CCCCCC3)[nH]c2c1OC. The van der Waals surface area contributed by atoms with Gasteiger partial charge >= 0.3 is 0 Å². The quantitative estimate of drug-likeness (QED) is 0.934. The summed E-state index contributed by atoms with van der Waals surface area (Å²) >= 11 is 0. The second kappa shape index (κ2) is 7.03. The molecule has 6 nitrogen and oxygen atoms in total. The van der Waals surface area contributed by atoms with E-state index in [1.807, 2.05) is 11.0 Å². The van der Waals surface area contributed by atoms with Crippen LogP contribution in [0.1, 0.15) is 36.2 Å². The number of hydrogen-bond acceptors (Lipinski definition) is 4. The lowest BCUT2D eigenvalue weighted by molar-refractivity contribution is 0.0756. The number of carbonyl (C=O) groups is 1. The van der Waals surface area contributed by atoms with Gasteiger partial charge in [-0.1, -0.05) is 12.8 Å². The molecule has 1 saturated heterocycles. The molecule has 2 heterocycles. The number of benzene rings is 1. The summed E-state index contributed by atoms with van der Waals surface area (Å²) in [5.41, 5.74) is 1.27. The fourth-order valence-electron chi connectivity index (χ4n) is 3.30. The first-order valence-corrected chi connectivity index (χ1v) is 8.30. The Bertz CT molecular complexity index is 730. The Hall–Kier alpha value is -2.37. The third kappa shape index (κ3) is 2.88. The van der Waals surface area contributed by atoms with Crippen molar-refractivity contribution in [2.45, 2.75) is 25.7 Å². The molecule has 1 amide bonds. The largest absolute Gasteiger partial charge is 0.496 e. The maximum Gasteiger partial charge on any atom is 0.270 e. The highest BCUT2D eigenvalue weighted by atomic mass is 16.5. The van der Waals surface area contributed by atoms with Crippen molar-refractivity contribution in [2.75, 3.05) is 34.4 Å². The standard InChI is InChI=1S/C18H24N2O4/c1-22-14-11-15(23-2)17(24-3)16-12(14)10-13(19-16)18(21)20-8-6-4-5-7-9-20/h10-11,19H,4-9H2,1-3H3. The molecule has 0 bridgehead atoms. The smallest absolute Gasteiger partial charge is 0.270 e. The van der Waals surface area contributed by atoms with E-state index in [-0.39, 0.29) is 5.91 Å². The summed E-state index contributed by atoms with van der Waals surface area (Å²) in [6.07, 6.45) is 4.50. The lowest BCUT2D eigenvalue weighted by Crippen LogP contribution is -2.32. The first-order valence-electron chi connectivity index (χ1n) is 8.30. The number of H-pyrrole nitrogens is 1. The minimum absolute atomic E-state index is 0.0242. The van der Waals surface area contributed by atoms with Gasteiger partial charge in [-0.05, 0) is 18.9 Å². The number of amides is 1. The van der Waals surface area contributed by atoms with E-state index in [4.69, 9.17) is 14.2 Å². The summed E-state index contributed by atoms with van der Waals surface area (Å²) < 4.78 is 16.3. The summed E-state index contributed by atoms with van der Waals surface area (Å²) in [5, 5.41) is 0.813. The van der Waals surface area contributed by atoms with Gasteiger partial charge in [-0.3, -0.25) is 4.79 Å². The Labute approximate surface area is 141 Å². The average molecular weight is 332 g/mol. The number of nitrogens with one attached hydrogen (secondary N) is 1. The maximum atomic E-state index is 12.9. The Morgan fingerprint density at radius 3 is 2.21 bits per heavy atom. The van der Waals surface area contributed by atoms with Gasteiger partial charge in [0.2, 0.25) is 0 Å². The number of nitrogens with zero attached hydrogens (tertiary/aromatic N) is 1. The lowest BCUT2D eigenvalue weighted by Gasteiger charge is -2.19. The number of fused-ring (bicyclic) bond motifs is 1. The lowest BCUT2D eigenvalue weighted by atomic mass is 10.2. The van der Waals surface area contributed by atoms with Crippen LogP contribution in [0, 0.1) is 0 Å². The van der Waals surface area contributed by atoms with Crippen molar-refractivity contribution in [3.8, 4) is 17.2 Å². The molecule has 24 heavy (non-hydrogen) atoms. The van der Waals surface area contributed by atoms with Crippen LogP contribution in [0.15, 0.2) is 12.1 Å². The van der Waals surface area contributed by atoms with Crippen molar-refractivity contribution >= 4 is 16.8 Å². The molecule has 1 aromatic heterocycles. The topological polar surface area (TPSA) is 63.8 Å². The van der Waals surface area contributed by atoms with Gasteiger partial charge < -0.3 is 24.1 Å². The third-order valence-corrected chi connectivity index (χ3v) is 4.56. The van der Waals surface area contributed by atoms with Crippen LogP contribution in [0.4, 0.5) is 0 Å². The van der Waals surface area contributed by atoms with E-state index in [0.29, 0.717) is 28.5 Å². The summed E-state index contributed by atoms with van der Waals surface area (Å²) in [7, 11) is 4.76. The van der Waals surface area contributed by atoms with Gasteiger partial charge in [-0.25, -0.2) is 0 Å². The van der Waals surface area contributed by atoms with Crippen molar-refractivity contribution < 1.29 is 19.0 Å². The molecule has 1 N–H and O–H groups in total. The number of rotatable bonds is 4. The molecule has 6 heteroatoms. The molecule has 0 radical (unpaired) electrons. The average Bonchev–Trinajstić information content (AvgIpc) is 2.87. The van der Waals surface area contributed by atoms with Crippen LogP contribution in [0.5, 0.6) is 17.2 Å². The van der Waals surface area contributed by atoms with Crippen LogP contribution >= 0.6 is 0 Å². The molecule has 2 aromatic rings. The Morgan fingerprint density at radius 1 is 0.958 bits per heavy atom. The molecule has 1 aliphatic rings. The van der Waals surface area contributed by atoms with Crippen molar-refractivity contribution in [2.24, 2.45) is 0 Å². The molecule has 0 unspecified atom stereocenters. The summed E-state index contributed by atoms with van der Waals surface area (Å²) in [4.78, 5) is 18.0. The zero-order valence-corrected chi connectivity index (χ0v) is 14.5. The van der Waals surface area contributed by atoms with E-state index in [1.165, 1.54) is 12.8 Å². The Balaban J connectivity index is 2.05. The van der Waals surface area contributed by atoms with Gasteiger partial charge in [0.05, 0.1) is 26.8 Å². The van der Waals surface area contributed by atoms with Crippen molar-refractivity contribution in [1.29, 1.82) is 0 Å². The predicted octanol–water partition coefficient (Wildman–Crippen LogP) is 3.21. The summed E-state index contributed by atoms with van der Waals surface area (Å²) in [6, 6.07) is 3.61. The molecule has 3 rings (SSSR count). The fourth-order valence-corrected chi connectivity index (χ4v) is 3.30. The molecule has 0 atom stereocenters. The second-order valence-corrected chi connectivity index (χ2v) is 5.99. The number of hydrogen-bond donors (Lipinski definition) is 1. The number of aromatic amines is 1. The van der Waals surface area contributed by atoms with Gasteiger partial charge in [0.25, 0.3) is 5.91 Å². The van der Waals surface area contributed by atoms with E-state index in [1.54, 1.807) is 27.4 Å². The Kier molecular flexibility index (Phi) is 4.83. The van der Waals surface area contributed by atoms with Gasteiger partial charge in [0.1, 0.15) is 11.4 Å². The monoisotopic (exact) mass is 332 g/mol. The second-order valence-electron chi connectivity index (χ2n) is 5.99. The highest BCUT2D eigenvalue weighted by molar-refractivity contribution is 6.02. The predicted molar refractivity (Wildman–Crippen MR) is 92.3 cm³/mol. The number of ether oxygens (including phenoxy) is 3. The normalized spacial score (nSPS) is 15.2. The van der Waals surface area contributed by atoms with Crippen LogP contribution in [0.25, 0.3) is 10.9 Å². The van der Waals surface area contributed by atoms with Crippen molar-refractivity contribution in [1.82, 2.24) is 9.88 Å². The third-order valence-electron chi connectivity index (χ3n) is 4.56. The van der Waals surface area contributed by atoms with Gasteiger partial charge in [-0.2, -0.15) is 0 Å². The number of methoxy groups -OCH3 is 3. The number of carbonyl (C=O) groups excluding carboxylic acids is 1. The molecule has 130 valence electrons. The minimum Gasteiger partial charge on any atom is -0.496 e. The van der Waals surface area contributed by atoms with E-state index in [9.17, 15) is 4.79 Å². The van der Waals surface area contributed by atoms with Crippen molar-refractivity contribution in [3.05, 3.63) is 17.8 Å². The molecular weight excluding hydrogens is 308 g/mol. The first-order chi connectivity index (χ1) is 11.7. The van der Waals surface area contributed by atoms with E-state index >= 15 is 0 Å². The zero-order valence-electron chi connectivity index (χ0n) is 14.5. The van der Waals surface area contributed by atoms with Crippen LogP contribution < -0.4 is 14.2 Å². The van der Waals surface area contributed by atoms with Gasteiger partial charge in [0, 0.05) is 24.5 Å². The van der Waals surface area contributed by atoms with E-state index in [0.717, 1.165) is 31.3 Å². The molecular formula is C18H24N2O4. The summed E-state index contributed by atoms with van der Waals surface area (Å²) in [6.45, 7) is 1.62. The number of likely N-dealkylation sites (tertiary alicyclic amines) is 1. The number of aromatic nitrogens is 1. The highest BCUT2D eigenvalue weighted by Crippen LogP contribution is 2.41. The van der Waals surface area contributed by atoms with Gasteiger partial charge in [-0.15, -0.1) is 0 Å². The molecule has 1 aliphatic heterocycles. The molecule has 0 spiro atoms. The molecule has 0 saturated carbocycles. The van der Waals surface area contributed by atoms with Crippen LogP contribution in [-0.2, 0) is 0 Å².